The maximum atomic E-state index is 12.8. The van der Waals surface area contributed by atoms with Gasteiger partial charge in [0.05, 0.1) is 10.6 Å². The molecule has 0 atom stereocenters. The van der Waals surface area contributed by atoms with Crippen molar-refractivity contribution in [2.24, 2.45) is 0 Å². The minimum atomic E-state index is -0.141. The molecule has 0 bridgehead atoms. The molecule has 4 heterocycles. The van der Waals surface area contributed by atoms with Crippen LogP contribution in [0.5, 0.6) is 11.5 Å². The summed E-state index contributed by atoms with van der Waals surface area (Å²) >= 11 is 1.61. The van der Waals surface area contributed by atoms with Gasteiger partial charge in [-0.3, -0.25) is 19.6 Å². The summed E-state index contributed by atoms with van der Waals surface area (Å²) in [6.07, 6.45) is 0. The van der Waals surface area contributed by atoms with E-state index in [9.17, 15) is 9.59 Å². The highest BCUT2D eigenvalue weighted by Gasteiger charge is 2.24. The number of carbonyl (C=O) groups is 2. The molecule has 10 heteroatoms. The minimum Gasteiger partial charge on any atom is -0.454 e. The average Bonchev–Trinajstić information content (AvgIpc) is 3.59. The number of amides is 2. The molecule has 32 heavy (non-hydrogen) atoms. The molecule has 0 aliphatic carbocycles. The first-order valence-corrected chi connectivity index (χ1v) is 11.3. The number of rotatable bonds is 6. The number of nitrogens with zero attached hydrogens (tertiary/aromatic N) is 3. The number of ether oxygens (including phenoxy) is 2. The smallest absolute Gasteiger partial charge is 0.274 e. The molecule has 1 fully saturated rings. The van der Waals surface area contributed by atoms with Crippen molar-refractivity contribution in [2.45, 2.75) is 0 Å². The SMILES string of the molecule is O=C(NCCN1CCN(C(=O)c2cc(-c3cccs3)[nH]n2)CC1)c1ccc2c(c1)OCO2. The largest absolute Gasteiger partial charge is 0.454 e. The lowest BCUT2D eigenvalue weighted by molar-refractivity contribution is 0.0632. The van der Waals surface area contributed by atoms with Crippen molar-refractivity contribution in [3.63, 3.8) is 0 Å². The van der Waals surface area contributed by atoms with Gasteiger partial charge in [0.15, 0.2) is 17.2 Å². The highest BCUT2D eigenvalue weighted by molar-refractivity contribution is 7.13. The number of hydrogen-bond donors (Lipinski definition) is 2. The molecule has 1 aromatic carbocycles. The second-order valence-electron chi connectivity index (χ2n) is 7.60. The van der Waals surface area contributed by atoms with Gasteiger partial charge < -0.3 is 19.7 Å². The summed E-state index contributed by atoms with van der Waals surface area (Å²) in [6, 6.07) is 10.9. The average molecular weight is 454 g/mol. The van der Waals surface area contributed by atoms with E-state index in [1.165, 1.54) is 0 Å². The Kier molecular flexibility index (Phi) is 5.78. The third kappa shape index (κ3) is 4.32. The molecule has 0 radical (unpaired) electrons. The summed E-state index contributed by atoms with van der Waals surface area (Å²) in [5, 5.41) is 12.1. The van der Waals surface area contributed by atoms with Crippen LogP contribution in [0, 0.1) is 0 Å². The Hall–Kier alpha value is -3.37. The van der Waals surface area contributed by atoms with Crippen LogP contribution in [0.2, 0.25) is 0 Å². The van der Waals surface area contributed by atoms with Crippen molar-refractivity contribution < 1.29 is 19.1 Å². The number of aromatic nitrogens is 2. The number of H-pyrrole nitrogens is 1. The summed E-state index contributed by atoms with van der Waals surface area (Å²) in [5.41, 5.74) is 1.85. The number of piperazine rings is 1. The predicted molar refractivity (Wildman–Crippen MR) is 119 cm³/mol. The van der Waals surface area contributed by atoms with Crippen LogP contribution in [0.4, 0.5) is 0 Å². The van der Waals surface area contributed by atoms with Crippen molar-refractivity contribution in [1.29, 1.82) is 0 Å². The number of carbonyl (C=O) groups excluding carboxylic acids is 2. The zero-order chi connectivity index (χ0) is 21.9. The molecule has 2 amide bonds. The molecule has 2 aromatic heterocycles. The monoisotopic (exact) mass is 453 g/mol. The molecule has 0 unspecified atom stereocenters. The van der Waals surface area contributed by atoms with Gasteiger partial charge in [0.2, 0.25) is 6.79 Å². The van der Waals surface area contributed by atoms with E-state index >= 15 is 0 Å². The van der Waals surface area contributed by atoms with Gasteiger partial charge in [-0.1, -0.05) is 6.07 Å². The van der Waals surface area contributed by atoms with Gasteiger partial charge in [0, 0.05) is 44.8 Å². The Labute approximate surface area is 188 Å². The Bertz CT molecular complexity index is 1110. The van der Waals surface area contributed by atoms with E-state index in [1.807, 2.05) is 28.5 Å². The van der Waals surface area contributed by atoms with Gasteiger partial charge in [-0.15, -0.1) is 11.3 Å². The second-order valence-corrected chi connectivity index (χ2v) is 8.55. The molecule has 2 aliphatic heterocycles. The van der Waals surface area contributed by atoms with Crippen molar-refractivity contribution in [3.05, 3.63) is 53.0 Å². The summed E-state index contributed by atoms with van der Waals surface area (Å²) in [7, 11) is 0. The maximum absolute atomic E-state index is 12.8. The third-order valence-electron chi connectivity index (χ3n) is 5.59. The maximum Gasteiger partial charge on any atom is 0.274 e. The topological polar surface area (TPSA) is 99.8 Å². The fourth-order valence-corrected chi connectivity index (χ4v) is 4.49. The van der Waals surface area contributed by atoms with E-state index in [0.29, 0.717) is 42.4 Å². The number of thiophene rings is 1. The molecule has 2 aliphatic rings. The highest BCUT2D eigenvalue weighted by Crippen LogP contribution is 2.32. The Morgan fingerprint density at radius 1 is 1.09 bits per heavy atom. The van der Waals surface area contributed by atoms with Crippen molar-refractivity contribution in [2.75, 3.05) is 46.1 Å². The van der Waals surface area contributed by atoms with E-state index in [2.05, 4.69) is 20.4 Å². The van der Waals surface area contributed by atoms with Crippen LogP contribution < -0.4 is 14.8 Å². The third-order valence-corrected chi connectivity index (χ3v) is 6.49. The van der Waals surface area contributed by atoms with E-state index in [4.69, 9.17) is 9.47 Å². The normalized spacial score (nSPS) is 15.7. The Morgan fingerprint density at radius 2 is 1.94 bits per heavy atom. The predicted octanol–water partition coefficient (Wildman–Crippen LogP) is 2.05. The first kappa shape index (κ1) is 20.5. The van der Waals surface area contributed by atoms with Gasteiger partial charge in [-0.05, 0) is 35.7 Å². The van der Waals surface area contributed by atoms with E-state index in [-0.39, 0.29) is 18.6 Å². The second kappa shape index (κ2) is 9.01. The number of benzene rings is 1. The minimum absolute atomic E-state index is 0.0557. The fourth-order valence-electron chi connectivity index (χ4n) is 3.79. The molecule has 0 saturated carbocycles. The summed E-state index contributed by atoms with van der Waals surface area (Å²) in [5.74, 6) is 1.06. The lowest BCUT2D eigenvalue weighted by Gasteiger charge is -2.34. The molecule has 1 saturated heterocycles. The van der Waals surface area contributed by atoms with Crippen LogP contribution in [-0.2, 0) is 0 Å². The van der Waals surface area contributed by atoms with Gasteiger partial charge in [0.1, 0.15) is 0 Å². The van der Waals surface area contributed by atoms with Crippen molar-refractivity contribution >= 4 is 23.2 Å². The zero-order valence-corrected chi connectivity index (χ0v) is 18.2. The van der Waals surface area contributed by atoms with Crippen molar-refractivity contribution in [3.8, 4) is 22.1 Å². The van der Waals surface area contributed by atoms with Crippen LogP contribution in [-0.4, -0.2) is 77.9 Å². The molecular weight excluding hydrogens is 430 g/mol. The van der Waals surface area contributed by atoms with Gasteiger partial charge in [0.25, 0.3) is 11.8 Å². The fraction of sp³-hybridized carbons (Fsp3) is 0.318. The first-order chi connectivity index (χ1) is 15.7. The number of aromatic amines is 1. The van der Waals surface area contributed by atoms with Crippen LogP contribution in [0.3, 0.4) is 0 Å². The molecule has 166 valence electrons. The molecule has 0 spiro atoms. The summed E-state index contributed by atoms with van der Waals surface area (Å²) < 4.78 is 10.6. The van der Waals surface area contributed by atoms with E-state index < -0.39 is 0 Å². The summed E-state index contributed by atoms with van der Waals surface area (Å²) in [6.45, 7) is 4.23. The van der Waals surface area contributed by atoms with Gasteiger partial charge in [-0.25, -0.2) is 0 Å². The Morgan fingerprint density at radius 3 is 2.75 bits per heavy atom. The quantitative estimate of drug-likeness (QED) is 0.593. The van der Waals surface area contributed by atoms with Gasteiger partial charge >= 0.3 is 0 Å². The van der Waals surface area contributed by atoms with Crippen molar-refractivity contribution in [1.82, 2.24) is 25.3 Å². The van der Waals surface area contributed by atoms with E-state index in [1.54, 1.807) is 29.5 Å². The van der Waals surface area contributed by atoms with Crippen LogP contribution in [0.25, 0.3) is 10.6 Å². The van der Waals surface area contributed by atoms with Crippen LogP contribution >= 0.6 is 11.3 Å². The highest BCUT2D eigenvalue weighted by atomic mass is 32.1. The van der Waals surface area contributed by atoms with Gasteiger partial charge in [-0.2, -0.15) is 5.10 Å². The number of nitrogens with one attached hydrogen (secondary N) is 2. The molecule has 5 rings (SSSR count). The molecule has 9 nitrogen and oxygen atoms in total. The first-order valence-electron chi connectivity index (χ1n) is 10.5. The molecular formula is C22H23N5O4S. The molecule has 2 N–H and O–H groups in total. The lowest BCUT2D eigenvalue weighted by atomic mass is 10.2. The Balaban J connectivity index is 1.07. The number of hydrogen-bond acceptors (Lipinski definition) is 7. The standard InChI is InChI=1S/C22H23N5O4S/c28-21(15-3-4-18-19(12-15)31-14-30-18)23-5-6-26-7-9-27(10-8-26)22(29)17-13-16(24-25-17)20-2-1-11-32-20/h1-4,11-13H,5-10,14H2,(H,23,28)(H,24,25). The number of fused-ring (bicyclic) bond motifs is 1. The van der Waals surface area contributed by atoms with E-state index in [0.717, 1.165) is 30.2 Å². The molecule has 3 aromatic rings. The van der Waals surface area contributed by atoms with Crippen LogP contribution in [0.15, 0.2) is 41.8 Å². The summed E-state index contributed by atoms with van der Waals surface area (Å²) in [4.78, 5) is 30.3. The van der Waals surface area contributed by atoms with Crippen LogP contribution in [0.1, 0.15) is 20.8 Å². The lowest BCUT2D eigenvalue weighted by Crippen LogP contribution is -2.50. The zero-order valence-electron chi connectivity index (χ0n) is 17.4.